The number of benzene rings is 1. The molecule has 0 fully saturated rings. The number of rotatable bonds is 6. The van der Waals surface area contributed by atoms with Gasteiger partial charge in [0.1, 0.15) is 11.6 Å². The number of aryl methyl sites for hydroxylation is 1. The fraction of sp³-hybridized carbons (Fsp3) is 0.562. The van der Waals surface area contributed by atoms with E-state index in [-0.39, 0.29) is 5.56 Å². The zero-order valence-electron chi connectivity index (χ0n) is 12.9. The summed E-state index contributed by atoms with van der Waals surface area (Å²) in [5, 5.41) is 0. The lowest BCUT2D eigenvalue weighted by Gasteiger charge is -2.38. The van der Waals surface area contributed by atoms with Crippen LogP contribution in [0.4, 0.5) is 8.78 Å². The second kappa shape index (κ2) is 6.44. The van der Waals surface area contributed by atoms with Crippen molar-refractivity contribution in [1.82, 2.24) is 4.90 Å². The van der Waals surface area contributed by atoms with E-state index in [2.05, 4.69) is 0 Å². The predicted octanol–water partition coefficient (Wildman–Crippen LogP) is 3.97. The Hall–Kier alpha value is -1.29. The van der Waals surface area contributed by atoms with Gasteiger partial charge < -0.3 is 0 Å². The van der Waals surface area contributed by atoms with Crippen LogP contribution in [0.5, 0.6) is 0 Å². The molecule has 112 valence electrons. The molecule has 0 aliphatic carbocycles. The van der Waals surface area contributed by atoms with E-state index in [1.807, 2.05) is 25.7 Å². The minimum absolute atomic E-state index is 0.285. The summed E-state index contributed by atoms with van der Waals surface area (Å²) < 4.78 is 28.1. The minimum Gasteiger partial charge on any atom is -0.292 e. The van der Waals surface area contributed by atoms with Gasteiger partial charge in [-0.05, 0) is 45.0 Å². The van der Waals surface area contributed by atoms with Crippen molar-refractivity contribution in [2.75, 3.05) is 13.1 Å². The van der Waals surface area contributed by atoms with Crippen molar-refractivity contribution >= 4 is 5.78 Å². The second-order valence-electron chi connectivity index (χ2n) is 5.18. The van der Waals surface area contributed by atoms with Gasteiger partial charge in [0.25, 0.3) is 0 Å². The normalized spacial score (nSPS) is 14.4. The van der Waals surface area contributed by atoms with Crippen LogP contribution in [0.2, 0.25) is 0 Å². The van der Waals surface area contributed by atoms with Gasteiger partial charge in [-0.1, -0.05) is 26.8 Å². The summed E-state index contributed by atoms with van der Waals surface area (Å²) in [7, 11) is 0. The lowest BCUT2D eigenvalue weighted by Crippen LogP contribution is -2.52. The van der Waals surface area contributed by atoms with Crippen LogP contribution in [-0.4, -0.2) is 29.3 Å². The second-order valence-corrected chi connectivity index (χ2v) is 5.18. The van der Waals surface area contributed by atoms with Crippen molar-refractivity contribution in [2.24, 2.45) is 0 Å². The molecule has 0 aliphatic rings. The average molecular weight is 283 g/mol. The van der Waals surface area contributed by atoms with E-state index in [1.165, 1.54) is 13.0 Å². The van der Waals surface area contributed by atoms with E-state index in [0.717, 1.165) is 6.07 Å². The molecule has 4 heteroatoms. The lowest BCUT2D eigenvalue weighted by atomic mass is 9.85. The Morgan fingerprint density at radius 3 is 2.20 bits per heavy atom. The van der Waals surface area contributed by atoms with Gasteiger partial charge in [0, 0.05) is 0 Å². The van der Waals surface area contributed by atoms with Crippen LogP contribution in [0.1, 0.15) is 50.0 Å². The van der Waals surface area contributed by atoms with Gasteiger partial charge in [-0.25, -0.2) is 8.78 Å². The predicted molar refractivity (Wildman–Crippen MR) is 77.0 cm³/mol. The Labute approximate surface area is 119 Å². The van der Waals surface area contributed by atoms with Crippen LogP contribution < -0.4 is 0 Å². The fourth-order valence-corrected chi connectivity index (χ4v) is 2.58. The monoisotopic (exact) mass is 283 g/mol. The Morgan fingerprint density at radius 2 is 1.75 bits per heavy atom. The Kier molecular flexibility index (Phi) is 5.40. The molecule has 1 unspecified atom stereocenters. The summed E-state index contributed by atoms with van der Waals surface area (Å²) in [4.78, 5) is 14.7. The molecule has 0 amide bonds. The number of Topliss-reactive ketones (excluding diaryl/α,β-unsaturated/α-hetero) is 1. The number of nitrogens with zero attached hydrogens (tertiary/aromatic N) is 1. The highest BCUT2D eigenvalue weighted by atomic mass is 19.1. The Bertz CT molecular complexity index is 497. The molecule has 0 spiro atoms. The molecule has 1 atom stereocenters. The van der Waals surface area contributed by atoms with E-state index in [4.69, 9.17) is 0 Å². The van der Waals surface area contributed by atoms with Gasteiger partial charge in [0.15, 0.2) is 5.78 Å². The van der Waals surface area contributed by atoms with Crippen LogP contribution >= 0.6 is 0 Å². The van der Waals surface area contributed by atoms with Crippen molar-refractivity contribution in [2.45, 2.75) is 46.6 Å². The van der Waals surface area contributed by atoms with E-state index in [9.17, 15) is 13.6 Å². The number of halogens is 2. The number of carbonyl (C=O) groups excluding carboxylic acids is 1. The maximum absolute atomic E-state index is 14.2. The molecule has 2 nitrogen and oxygen atoms in total. The molecule has 0 bridgehead atoms. The summed E-state index contributed by atoms with van der Waals surface area (Å²) in [5.74, 6) is -2.02. The molecule has 0 aliphatic heterocycles. The van der Waals surface area contributed by atoms with Crippen LogP contribution in [0.3, 0.4) is 0 Å². The first-order valence-corrected chi connectivity index (χ1v) is 7.07. The molecular weight excluding hydrogens is 260 g/mol. The number of hydrogen-bond donors (Lipinski definition) is 0. The van der Waals surface area contributed by atoms with Gasteiger partial charge in [0.05, 0.1) is 11.1 Å². The summed E-state index contributed by atoms with van der Waals surface area (Å²) in [6.07, 6.45) is 0.500. The summed E-state index contributed by atoms with van der Waals surface area (Å²) >= 11 is 0. The van der Waals surface area contributed by atoms with E-state index in [0.29, 0.717) is 19.5 Å². The zero-order valence-corrected chi connectivity index (χ0v) is 12.9. The number of carbonyl (C=O) groups is 1. The van der Waals surface area contributed by atoms with Gasteiger partial charge in [-0.2, -0.15) is 0 Å². The van der Waals surface area contributed by atoms with Gasteiger partial charge >= 0.3 is 0 Å². The fourth-order valence-electron chi connectivity index (χ4n) is 2.58. The van der Waals surface area contributed by atoms with Crippen molar-refractivity contribution in [3.05, 3.63) is 34.9 Å². The molecule has 20 heavy (non-hydrogen) atoms. The van der Waals surface area contributed by atoms with E-state index < -0.39 is 28.5 Å². The molecule has 1 rings (SSSR count). The minimum atomic E-state index is -0.890. The third kappa shape index (κ3) is 2.75. The van der Waals surface area contributed by atoms with E-state index >= 15 is 0 Å². The van der Waals surface area contributed by atoms with Crippen molar-refractivity contribution in [1.29, 1.82) is 0 Å². The molecule has 0 heterocycles. The Balaban J connectivity index is 3.39. The third-order valence-electron chi connectivity index (χ3n) is 4.15. The van der Waals surface area contributed by atoms with Gasteiger partial charge in [-0.15, -0.1) is 0 Å². The zero-order chi connectivity index (χ0) is 15.5. The molecule has 0 saturated carbocycles. The third-order valence-corrected chi connectivity index (χ3v) is 4.15. The van der Waals surface area contributed by atoms with Crippen molar-refractivity contribution in [3.8, 4) is 0 Å². The molecule has 1 aromatic rings. The molecule has 0 aromatic heterocycles. The highest BCUT2D eigenvalue weighted by Crippen LogP contribution is 2.28. The lowest BCUT2D eigenvalue weighted by molar-refractivity contribution is 0.0598. The number of hydrogen-bond acceptors (Lipinski definition) is 2. The molecule has 0 radical (unpaired) electrons. The summed E-state index contributed by atoms with van der Waals surface area (Å²) in [6, 6.07) is 2.51. The maximum Gasteiger partial charge on any atom is 0.188 e. The largest absolute Gasteiger partial charge is 0.292 e. The molecule has 0 N–H and O–H groups in total. The molecule has 1 aromatic carbocycles. The quantitative estimate of drug-likeness (QED) is 0.736. The highest BCUT2D eigenvalue weighted by Gasteiger charge is 2.39. The topological polar surface area (TPSA) is 20.3 Å². The summed E-state index contributed by atoms with van der Waals surface area (Å²) in [6.45, 7) is 10.3. The first kappa shape index (κ1) is 16.8. The SMILES string of the molecule is CCN(CC)C(C)(CC)C(=O)c1c(F)ccc(C)c1F. The highest BCUT2D eigenvalue weighted by molar-refractivity contribution is 6.03. The first-order chi connectivity index (χ1) is 9.33. The number of likely N-dealkylation sites (N-methyl/N-ethyl adjacent to an activating group) is 1. The van der Waals surface area contributed by atoms with Crippen LogP contribution in [0.25, 0.3) is 0 Å². The average Bonchev–Trinajstić information content (AvgIpc) is 2.44. The van der Waals surface area contributed by atoms with Crippen LogP contribution in [0, 0.1) is 18.6 Å². The molecule has 0 saturated heterocycles. The molecular formula is C16H23F2NO. The van der Waals surface area contributed by atoms with Gasteiger partial charge in [-0.3, -0.25) is 9.69 Å². The van der Waals surface area contributed by atoms with Crippen molar-refractivity contribution in [3.63, 3.8) is 0 Å². The number of ketones is 1. The first-order valence-electron chi connectivity index (χ1n) is 7.07. The maximum atomic E-state index is 14.2. The standard InChI is InChI=1S/C16H23F2NO/c1-6-16(5,19(7-2)8-3)15(20)13-12(17)10-9-11(4)14(13)18/h9-10H,6-8H2,1-5H3. The van der Waals surface area contributed by atoms with Crippen LogP contribution in [0.15, 0.2) is 12.1 Å². The summed E-state index contributed by atoms with van der Waals surface area (Å²) in [5.41, 5.74) is -1.02. The van der Waals surface area contributed by atoms with Crippen LogP contribution in [-0.2, 0) is 0 Å². The van der Waals surface area contributed by atoms with Gasteiger partial charge in [0.2, 0.25) is 0 Å². The Morgan fingerprint density at radius 1 is 1.20 bits per heavy atom. The van der Waals surface area contributed by atoms with Crippen molar-refractivity contribution < 1.29 is 13.6 Å². The smallest absolute Gasteiger partial charge is 0.188 e. The van der Waals surface area contributed by atoms with E-state index in [1.54, 1.807) is 6.92 Å².